The van der Waals surface area contributed by atoms with E-state index in [4.69, 9.17) is 0 Å². The molecule has 0 fully saturated rings. The van der Waals surface area contributed by atoms with Gasteiger partial charge in [0.15, 0.2) is 0 Å². The van der Waals surface area contributed by atoms with Crippen molar-refractivity contribution < 1.29 is 4.92 Å². The van der Waals surface area contributed by atoms with E-state index in [0.717, 1.165) is 11.4 Å². The predicted octanol–water partition coefficient (Wildman–Crippen LogP) is 2.93. The van der Waals surface area contributed by atoms with Crippen molar-refractivity contribution in [1.82, 2.24) is 19.7 Å². The first-order chi connectivity index (χ1) is 11.0. The van der Waals surface area contributed by atoms with Crippen LogP contribution >= 0.6 is 0 Å². The second-order valence-corrected chi connectivity index (χ2v) is 5.09. The first-order valence-electron chi connectivity index (χ1n) is 6.90. The summed E-state index contributed by atoms with van der Waals surface area (Å²) < 4.78 is 1.28. The number of hydrogen-bond donors (Lipinski definition) is 1. The number of hydrogen-bond acceptors (Lipinski definition) is 6. The van der Waals surface area contributed by atoms with Crippen molar-refractivity contribution in [2.24, 2.45) is 0 Å². The number of aromatic nitrogens is 4. The number of aryl methyl sites for hydroxylation is 2. The molecule has 0 amide bonds. The molecule has 0 radical (unpaired) electrons. The van der Waals surface area contributed by atoms with E-state index in [1.807, 2.05) is 38.1 Å². The Balaban J connectivity index is 1.92. The monoisotopic (exact) mass is 310 g/mol. The maximum Gasteiger partial charge on any atom is 0.307 e. The summed E-state index contributed by atoms with van der Waals surface area (Å²) in [5, 5.41) is 17.9. The van der Waals surface area contributed by atoms with Gasteiger partial charge in [-0.15, -0.1) is 0 Å². The van der Waals surface area contributed by atoms with E-state index in [0.29, 0.717) is 5.82 Å². The first kappa shape index (κ1) is 14.6. The van der Waals surface area contributed by atoms with E-state index in [9.17, 15) is 10.1 Å². The summed E-state index contributed by atoms with van der Waals surface area (Å²) in [6.45, 7) is 3.84. The van der Waals surface area contributed by atoms with Crippen molar-refractivity contribution in [3.05, 3.63) is 64.1 Å². The van der Waals surface area contributed by atoms with E-state index in [-0.39, 0.29) is 11.6 Å². The molecule has 116 valence electrons. The van der Waals surface area contributed by atoms with Crippen LogP contribution in [0, 0.1) is 24.0 Å². The van der Waals surface area contributed by atoms with Gasteiger partial charge < -0.3 is 5.32 Å². The van der Waals surface area contributed by atoms with Gasteiger partial charge >= 0.3 is 5.69 Å². The zero-order chi connectivity index (χ0) is 16.4. The second-order valence-electron chi connectivity index (χ2n) is 5.09. The largest absolute Gasteiger partial charge is 0.340 e. The van der Waals surface area contributed by atoms with Gasteiger partial charge in [-0.3, -0.25) is 10.1 Å². The zero-order valence-electron chi connectivity index (χ0n) is 12.6. The van der Waals surface area contributed by atoms with Gasteiger partial charge in [0.05, 0.1) is 4.92 Å². The van der Waals surface area contributed by atoms with Gasteiger partial charge in [-0.1, -0.05) is 17.7 Å². The van der Waals surface area contributed by atoms with Gasteiger partial charge in [0, 0.05) is 17.4 Å². The van der Waals surface area contributed by atoms with Crippen LogP contribution in [-0.4, -0.2) is 24.7 Å². The fourth-order valence-electron chi connectivity index (χ4n) is 2.02. The SMILES string of the molecule is Cc1ccc(Nc2cc(C)nc(-n3cc([N+](=O)[O-])cn3)n2)cc1. The van der Waals surface area contributed by atoms with Crippen LogP contribution in [0.2, 0.25) is 0 Å². The Labute approximate surface area is 132 Å². The lowest BCUT2D eigenvalue weighted by molar-refractivity contribution is -0.384. The highest BCUT2D eigenvalue weighted by Gasteiger charge is 2.12. The molecule has 0 unspecified atom stereocenters. The van der Waals surface area contributed by atoms with Crippen molar-refractivity contribution in [3.8, 4) is 5.95 Å². The summed E-state index contributed by atoms with van der Waals surface area (Å²) in [5.74, 6) is 0.863. The molecular weight excluding hydrogens is 296 g/mol. The number of nitrogens with zero attached hydrogens (tertiary/aromatic N) is 5. The summed E-state index contributed by atoms with van der Waals surface area (Å²) in [6.07, 6.45) is 2.45. The molecule has 2 heterocycles. The maximum atomic E-state index is 10.7. The summed E-state index contributed by atoms with van der Waals surface area (Å²) in [6, 6.07) is 9.68. The maximum absolute atomic E-state index is 10.7. The molecule has 0 aliphatic rings. The van der Waals surface area contributed by atoms with E-state index in [2.05, 4.69) is 20.4 Å². The van der Waals surface area contributed by atoms with Gasteiger partial charge in [0.25, 0.3) is 5.95 Å². The third-order valence-electron chi connectivity index (χ3n) is 3.15. The van der Waals surface area contributed by atoms with Crippen LogP contribution in [-0.2, 0) is 0 Å². The van der Waals surface area contributed by atoms with Crippen molar-refractivity contribution in [1.29, 1.82) is 0 Å². The molecule has 1 N–H and O–H groups in total. The lowest BCUT2D eigenvalue weighted by Crippen LogP contribution is -2.05. The van der Waals surface area contributed by atoms with E-state index < -0.39 is 4.92 Å². The molecule has 0 aliphatic heterocycles. The highest BCUT2D eigenvalue weighted by molar-refractivity contribution is 5.57. The molecule has 0 aliphatic carbocycles. The molecule has 8 nitrogen and oxygen atoms in total. The van der Waals surface area contributed by atoms with Crippen LogP contribution in [0.3, 0.4) is 0 Å². The van der Waals surface area contributed by atoms with Crippen LogP contribution in [0.15, 0.2) is 42.7 Å². The van der Waals surface area contributed by atoms with Crippen LogP contribution in [0.4, 0.5) is 17.2 Å². The Hall–Kier alpha value is -3.29. The topological polar surface area (TPSA) is 98.8 Å². The Kier molecular flexibility index (Phi) is 3.71. The minimum absolute atomic E-state index is 0.108. The molecule has 0 saturated carbocycles. The highest BCUT2D eigenvalue weighted by atomic mass is 16.6. The van der Waals surface area contributed by atoms with Crippen LogP contribution < -0.4 is 5.32 Å². The summed E-state index contributed by atoms with van der Waals surface area (Å²) in [5.41, 5.74) is 2.68. The third kappa shape index (κ3) is 3.31. The summed E-state index contributed by atoms with van der Waals surface area (Å²) in [4.78, 5) is 18.8. The number of nitro groups is 1. The zero-order valence-corrected chi connectivity index (χ0v) is 12.6. The third-order valence-corrected chi connectivity index (χ3v) is 3.15. The first-order valence-corrected chi connectivity index (χ1v) is 6.90. The molecule has 0 spiro atoms. The minimum Gasteiger partial charge on any atom is -0.340 e. The molecule has 23 heavy (non-hydrogen) atoms. The smallest absolute Gasteiger partial charge is 0.307 e. The number of rotatable bonds is 4. The van der Waals surface area contributed by atoms with Crippen LogP contribution in [0.25, 0.3) is 5.95 Å². The molecule has 1 aromatic carbocycles. The molecule has 8 heteroatoms. The molecule has 0 saturated heterocycles. The van der Waals surface area contributed by atoms with Gasteiger partial charge in [-0.05, 0) is 26.0 Å². The van der Waals surface area contributed by atoms with Crippen LogP contribution in [0.1, 0.15) is 11.3 Å². The Morgan fingerprint density at radius 3 is 2.57 bits per heavy atom. The second kappa shape index (κ2) is 5.84. The van der Waals surface area contributed by atoms with Crippen molar-refractivity contribution >= 4 is 17.2 Å². The standard InChI is InChI=1S/C15H14N6O2/c1-10-3-5-12(6-4-10)18-14-7-11(2)17-15(19-14)20-9-13(8-16-20)21(22)23/h3-9H,1-2H3,(H,17,18,19). The normalized spacial score (nSPS) is 10.5. The van der Waals surface area contributed by atoms with E-state index in [1.54, 1.807) is 6.07 Å². The van der Waals surface area contributed by atoms with Gasteiger partial charge in [0.2, 0.25) is 0 Å². The van der Waals surface area contributed by atoms with Gasteiger partial charge in [-0.2, -0.15) is 14.8 Å². The highest BCUT2D eigenvalue weighted by Crippen LogP contribution is 2.18. The molecule has 0 bridgehead atoms. The Morgan fingerprint density at radius 2 is 1.91 bits per heavy atom. The fraction of sp³-hybridized carbons (Fsp3) is 0.133. The number of nitrogens with one attached hydrogen (secondary N) is 1. The average Bonchev–Trinajstić information content (AvgIpc) is 2.99. The summed E-state index contributed by atoms with van der Waals surface area (Å²) >= 11 is 0. The van der Waals surface area contributed by atoms with Crippen molar-refractivity contribution in [2.75, 3.05) is 5.32 Å². The van der Waals surface area contributed by atoms with Crippen LogP contribution in [0.5, 0.6) is 0 Å². The lowest BCUT2D eigenvalue weighted by Gasteiger charge is -2.08. The predicted molar refractivity (Wildman–Crippen MR) is 85.0 cm³/mol. The molecule has 2 aromatic heterocycles. The number of benzene rings is 1. The number of anilines is 2. The molecule has 0 atom stereocenters. The fourth-order valence-corrected chi connectivity index (χ4v) is 2.02. The van der Waals surface area contributed by atoms with Gasteiger partial charge in [-0.25, -0.2) is 4.98 Å². The molecule has 3 aromatic rings. The quantitative estimate of drug-likeness (QED) is 0.587. The van der Waals surface area contributed by atoms with Gasteiger partial charge in [0.1, 0.15) is 18.2 Å². The lowest BCUT2D eigenvalue weighted by atomic mass is 10.2. The van der Waals surface area contributed by atoms with Crippen molar-refractivity contribution in [3.63, 3.8) is 0 Å². The Bertz CT molecular complexity index is 857. The minimum atomic E-state index is -0.509. The molecular formula is C15H14N6O2. The average molecular weight is 310 g/mol. The Morgan fingerprint density at radius 1 is 1.17 bits per heavy atom. The van der Waals surface area contributed by atoms with E-state index >= 15 is 0 Å². The van der Waals surface area contributed by atoms with Crippen molar-refractivity contribution in [2.45, 2.75) is 13.8 Å². The summed E-state index contributed by atoms with van der Waals surface area (Å²) in [7, 11) is 0. The molecule has 3 rings (SSSR count). The van der Waals surface area contributed by atoms with E-state index in [1.165, 1.54) is 22.6 Å².